The number of rotatable bonds is 8. The van der Waals surface area contributed by atoms with Crippen molar-refractivity contribution in [2.45, 2.75) is 12.8 Å². The highest BCUT2D eigenvalue weighted by molar-refractivity contribution is 7.13. The predicted octanol–water partition coefficient (Wildman–Crippen LogP) is 2.22. The van der Waals surface area contributed by atoms with Crippen molar-refractivity contribution in [3.8, 4) is 5.75 Å². The Bertz CT molecular complexity index is 1260. The number of nitrogens with zero attached hydrogens (tertiary/aromatic N) is 3. The van der Waals surface area contributed by atoms with E-state index in [0.717, 1.165) is 24.2 Å². The number of pyridine rings is 1. The molecule has 0 radical (unpaired) electrons. The molecule has 3 N–H and O–H groups in total. The van der Waals surface area contributed by atoms with Gasteiger partial charge in [-0.2, -0.15) is 0 Å². The molecule has 0 bridgehead atoms. The van der Waals surface area contributed by atoms with E-state index in [2.05, 4.69) is 27.4 Å². The number of nitrogens with one attached hydrogen (secondary N) is 1. The van der Waals surface area contributed by atoms with Crippen LogP contribution in [0.1, 0.15) is 33.0 Å². The number of benzene rings is 1. The van der Waals surface area contributed by atoms with Gasteiger partial charge in [-0.05, 0) is 24.3 Å². The predicted molar refractivity (Wildman–Crippen MR) is 129 cm³/mol. The van der Waals surface area contributed by atoms with Crippen molar-refractivity contribution >= 4 is 45.5 Å². The zero-order chi connectivity index (χ0) is 24.9. The first kappa shape index (κ1) is 24.0. The van der Waals surface area contributed by atoms with Crippen LogP contribution >= 0.6 is 11.3 Å². The molecule has 2 amide bonds. The summed E-state index contributed by atoms with van der Waals surface area (Å²) in [5.41, 5.74) is 6.31. The Labute approximate surface area is 205 Å². The summed E-state index contributed by atoms with van der Waals surface area (Å²) in [7, 11) is 1.35. The molecule has 1 fully saturated rings. The molecule has 1 unspecified atom stereocenters. The van der Waals surface area contributed by atoms with Gasteiger partial charge in [-0.25, -0.2) is 9.97 Å². The number of amides is 2. The minimum absolute atomic E-state index is 0.0789. The van der Waals surface area contributed by atoms with Crippen LogP contribution in [-0.4, -0.2) is 58.4 Å². The number of hydrogen-bond acceptors (Lipinski definition) is 9. The summed E-state index contributed by atoms with van der Waals surface area (Å²) < 4.78 is 5.27. The van der Waals surface area contributed by atoms with Gasteiger partial charge in [0, 0.05) is 30.7 Å². The van der Waals surface area contributed by atoms with Crippen LogP contribution in [-0.2, 0) is 16.0 Å². The standard InChI is InChI=1S/C24H23N5O5S/c1-34-17-12-16(25)18(20(30)21(31)22(32)28-24-26-8-10-35-24)27-19(17)23(33)29-9-7-15(13-29)11-14-5-3-2-4-6-14/h2-6,8,10,12,15H,7,9,11,13,25H2,1H3,(H,26,28,32). The van der Waals surface area contributed by atoms with Crippen LogP contribution in [0.2, 0.25) is 0 Å². The van der Waals surface area contributed by atoms with E-state index in [0.29, 0.717) is 13.1 Å². The van der Waals surface area contributed by atoms with Gasteiger partial charge < -0.3 is 15.4 Å². The highest BCUT2D eigenvalue weighted by Crippen LogP contribution is 2.28. The second kappa shape index (κ2) is 10.4. The Balaban J connectivity index is 1.52. The van der Waals surface area contributed by atoms with E-state index >= 15 is 0 Å². The fourth-order valence-electron chi connectivity index (χ4n) is 3.93. The summed E-state index contributed by atoms with van der Waals surface area (Å²) in [6.45, 7) is 1.03. The minimum atomic E-state index is -1.37. The average Bonchev–Trinajstić information content (AvgIpc) is 3.55. The second-order valence-corrected chi connectivity index (χ2v) is 8.92. The lowest BCUT2D eigenvalue weighted by atomic mass is 9.99. The molecule has 1 aliphatic rings. The lowest BCUT2D eigenvalue weighted by Gasteiger charge is -2.18. The molecule has 0 aliphatic carbocycles. The summed E-state index contributed by atoms with van der Waals surface area (Å²) in [5, 5.41) is 4.02. The smallest absolute Gasteiger partial charge is 0.302 e. The van der Waals surface area contributed by atoms with Gasteiger partial charge in [0.15, 0.2) is 16.6 Å². The van der Waals surface area contributed by atoms with Crippen LogP contribution in [0.4, 0.5) is 10.8 Å². The molecular formula is C24H23N5O5S. The molecule has 0 spiro atoms. The van der Waals surface area contributed by atoms with Crippen LogP contribution < -0.4 is 15.8 Å². The number of aromatic nitrogens is 2. The Kier molecular flexibility index (Phi) is 7.16. The van der Waals surface area contributed by atoms with Gasteiger partial charge >= 0.3 is 5.91 Å². The number of carbonyl (C=O) groups excluding carboxylic acids is 4. The number of hydrogen-bond donors (Lipinski definition) is 2. The molecule has 3 aromatic rings. The van der Waals surface area contributed by atoms with Gasteiger partial charge in [0.25, 0.3) is 17.5 Å². The Morgan fingerprint density at radius 3 is 2.66 bits per heavy atom. The monoisotopic (exact) mass is 493 g/mol. The van der Waals surface area contributed by atoms with E-state index in [-0.39, 0.29) is 28.2 Å². The first-order valence-electron chi connectivity index (χ1n) is 10.8. The van der Waals surface area contributed by atoms with Crippen LogP contribution in [0.25, 0.3) is 0 Å². The van der Waals surface area contributed by atoms with Crippen molar-refractivity contribution in [2.24, 2.45) is 5.92 Å². The van der Waals surface area contributed by atoms with Gasteiger partial charge in [-0.15, -0.1) is 11.3 Å². The zero-order valence-corrected chi connectivity index (χ0v) is 19.7. The number of likely N-dealkylation sites (tertiary alicyclic amines) is 1. The number of Topliss-reactive ketones (excluding diaryl/α,β-unsaturated/α-hetero) is 2. The van der Waals surface area contributed by atoms with E-state index < -0.39 is 29.1 Å². The Morgan fingerprint density at radius 2 is 1.97 bits per heavy atom. The highest BCUT2D eigenvalue weighted by atomic mass is 32.1. The molecule has 10 nitrogen and oxygen atoms in total. The van der Waals surface area contributed by atoms with Crippen molar-refractivity contribution in [3.05, 3.63) is 64.9 Å². The normalized spacial score (nSPS) is 15.0. The van der Waals surface area contributed by atoms with E-state index in [1.165, 1.54) is 24.9 Å². The first-order chi connectivity index (χ1) is 16.9. The number of anilines is 2. The lowest BCUT2D eigenvalue weighted by Crippen LogP contribution is -2.33. The van der Waals surface area contributed by atoms with Crippen molar-refractivity contribution in [1.29, 1.82) is 0 Å². The number of nitrogens with two attached hydrogens (primary N) is 1. The molecule has 1 saturated heterocycles. The third-order valence-electron chi connectivity index (χ3n) is 5.66. The molecule has 1 aliphatic heterocycles. The third-order valence-corrected chi connectivity index (χ3v) is 6.35. The van der Waals surface area contributed by atoms with Crippen molar-refractivity contribution in [3.63, 3.8) is 0 Å². The maximum atomic E-state index is 13.3. The zero-order valence-electron chi connectivity index (χ0n) is 18.9. The van der Waals surface area contributed by atoms with E-state index in [1.807, 2.05) is 18.2 Å². The number of carbonyl (C=O) groups is 4. The van der Waals surface area contributed by atoms with Gasteiger partial charge in [0.1, 0.15) is 5.69 Å². The van der Waals surface area contributed by atoms with Crippen LogP contribution in [0.5, 0.6) is 5.75 Å². The fourth-order valence-corrected chi connectivity index (χ4v) is 4.45. The minimum Gasteiger partial charge on any atom is -0.494 e. The quantitative estimate of drug-likeness (QED) is 0.276. The van der Waals surface area contributed by atoms with Crippen LogP contribution in [0, 0.1) is 5.92 Å². The molecule has 180 valence electrons. The number of ether oxygens (including phenoxy) is 1. The van der Waals surface area contributed by atoms with Crippen molar-refractivity contribution in [1.82, 2.24) is 14.9 Å². The van der Waals surface area contributed by atoms with Crippen molar-refractivity contribution < 1.29 is 23.9 Å². The molecule has 1 atom stereocenters. The molecule has 0 saturated carbocycles. The molecular weight excluding hydrogens is 470 g/mol. The fraction of sp³-hybridized carbons (Fsp3) is 0.250. The Hall–Kier alpha value is -4.12. The second-order valence-electron chi connectivity index (χ2n) is 8.02. The summed E-state index contributed by atoms with van der Waals surface area (Å²) in [6.07, 6.45) is 3.10. The van der Waals surface area contributed by atoms with Gasteiger partial charge in [-0.1, -0.05) is 30.3 Å². The number of methoxy groups -OCH3 is 1. The number of nitrogen functional groups attached to an aromatic ring is 1. The molecule has 11 heteroatoms. The molecule has 3 heterocycles. The highest BCUT2D eigenvalue weighted by Gasteiger charge is 2.33. The largest absolute Gasteiger partial charge is 0.494 e. The summed E-state index contributed by atoms with van der Waals surface area (Å²) in [5.74, 6) is -3.85. The molecule has 35 heavy (non-hydrogen) atoms. The molecule has 4 rings (SSSR count). The summed E-state index contributed by atoms with van der Waals surface area (Å²) in [4.78, 5) is 60.2. The van der Waals surface area contributed by atoms with E-state index in [4.69, 9.17) is 10.5 Å². The molecule has 2 aromatic heterocycles. The molecule has 1 aromatic carbocycles. The lowest BCUT2D eigenvalue weighted by molar-refractivity contribution is -0.132. The first-order valence-corrected chi connectivity index (χ1v) is 11.7. The SMILES string of the molecule is COc1cc(N)c(C(=O)C(=O)C(=O)Nc2nccs2)nc1C(=O)N1CCC(Cc2ccccc2)C1. The number of ketones is 2. The Morgan fingerprint density at radius 1 is 1.20 bits per heavy atom. The topological polar surface area (TPSA) is 145 Å². The van der Waals surface area contributed by atoms with E-state index in [9.17, 15) is 19.2 Å². The maximum Gasteiger partial charge on any atom is 0.302 e. The van der Waals surface area contributed by atoms with E-state index in [1.54, 1.807) is 10.3 Å². The maximum absolute atomic E-state index is 13.3. The summed E-state index contributed by atoms with van der Waals surface area (Å²) in [6, 6.07) is 11.3. The number of thiazole rings is 1. The van der Waals surface area contributed by atoms with Crippen LogP contribution in [0.15, 0.2) is 48.0 Å². The third kappa shape index (κ3) is 5.35. The van der Waals surface area contributed by atoms with Gasteiger partial charge in [-0.3, -0.25) is 24.5 Å². The van der Waals surface area contributed by atoms with Crippen LogP contribution in [0.3, 0.4) is 0 Å². The average molecular weight is 494 g/mol. The summed E-state index contributed by atoms with van der Waals surface area (Å²) >= 11 is 1.09. The van der Waals surface area contributed by atoms with Gasteiger partial charge in [0.05, 0.1) is 12.8 Å². The van der Waals surface area contributed by atoms with Gasteiger partial charge in [0.2, 0.25) is 0 Å². The van der Waals surface area contributed by atoms with Crippen molar-refractivity contribution in [2.75, 3.05) is 31.2 Å².